The summed E-state index contributed by atoms with van der Waals surface area (Å²) in [5, 5.41) is 4.52. The van der Waals surface area contributed by atoms with Crippen molar-refractivity contribution in [2.45, 2.75) is 31.3 Å². The lowest BCUT2D eigenvalue weighted by Crippen LogP contribution is -2.45. The second-order valence-corrected chi connectivity index (χ2v) is 6.01. The molecule has 0 aromatic heterocycles. The molecule has 1 aromatic rings. The Morgan fingerprint density at radius 3 is 2.58 bits per heavy atom. The van der Waals surface area contributed by atoms with Crippen molar-refractivity contribution in [3.63, 3.8) is 0 Å². The predicted octanol–water partition coefficient (Wildman–Crippen LogP) is 0.804. The zero-order valence-corrected chi connectivity index (χ0v) is 12.7. The lowest BCUT2D eigenvalue weighted by atomic mass is 10.1. The molecule has 2 amide bonds. The molecule has 1 saturated carbocycles. The fourth-order valence-electron chi connectivity index (χ4n) is 2.67. The first-order chi connectivity index (χ1) is 11.5. The molecule has 0 bridgehead atoms. The molecule has 0 spiro atoms. The Hall–Kier alpha value is -2.13. The van der Waals surface area contributed by atoms with Crippen molar-refractivity contribution in [3.05, 3.63) is 29.6 Å². The van der Waals surface area contributed by atoms with Crippen molar-refractivity contribution in [3.8, 4) is 0 Å². The first kappa shape index (κ1) is 16.7. The fourth-order valence-corrected chi connectivity index (χ4v) is 2.67. The first-order valence-electron chi connectivity index (χ1n) is 7.68. The van der Waals surface area contributed by atoms with Crippen LogP contribution in [0.25, 0.3) is 0 Å². The van der Waals surface area contributed by atoms with Gasteiger partial charge in [-0.2, -0.15) is 0 Å². The maximum Gasteiger partial charge on any atom is 0.243 e. The second kappa shape index (κ2) is 6.78. The quantitative estimate of drug-likeness (QED) is 0.597. The molecule has 130 valence electrons. The molecule has 6 nitrogen and oxygen atoms in total. The van der Waals surface area contributed by atoms with E-state index >= 15 is 0 Å². The molecule has 2 fully saturated rings. The van der Waals surface area contributed by atoms with E-state index in [4.69, 9.17) is 0 Å². The minimum atomic E-state index is -1.66. The molecule has 2 unspecified atom stereocenters. The van der Waals surface area contributed by atoms with Crippen LogP contribution < -0.4 is 21.5 Å². The van der Waals surface area contributed by atoms with E-state index in [1.165, 1.54) is 0 Å². The van der Waals surface area contributed by atoms with Gasteiger partial charge in [0.05, 0.1) is 12.2 Å². The van der Waals surface area contributed by atoms with E-state index in [9.17, 15) is 22.8 Å². The second-order valence-electron chi connectivity index (χ2n) is 6.01. The molecule has 1 aliphatic carbocycles. The minimum Gasteiger partial charge on any atom is -0.346 e. The number of carbonyl (C=O) groups is 2. The Labute approximate surface area is 136 Å². The zero-order chi connectivity index (χ0) is 17.3. The summed E-state index contributed by atoms with van der Waals surface area (Å²) in [6, 6.07) is 1.43. The number of hydrogen-bond donors (Lipinski definition) is 4. The highest BCUT2D eigenvalue weighted by atomic mass is 19.2. The first-order valence-corrected chi connectivity index (χ1v) is 7.68. The van der Waals surface area contributed by atoms with Gasteiger partial charge in [-0.25, -0.2) is 18.6 Å². The summed E-state index contributed by atoms with van der Waals surface area (Å²) in [7, 11) is 0. The van der Waals surface area contributed by atoms with Crippen molar-refractivity contribution in [1.29, 1.82) is 0 Å². The molecular weight excluding hydrogens is 325 g/mol. The molecule has 24 heavy (non-hydrogen) atoms. The molecule has 1 aromatic carbocycles. The Morgan fingerprint density at radius 2 is 1.88 bits per heavy atom. The average Bonchev–Trinajstić information content (AvgIpc) is 3.30. The maximum absolute atomic E-state index is 13.5. The van der Waals surface area contributed by atoms with Gasteiger partial charge in [-0.3, -0.25) is 15.0 Å². The van der Waals surface area contributed by atoms with E-state index in [1.807, 2.05) is 0 Å². The normalized spacial score (nSPS) is 23.1. The highest BCUT2D eigenvalue weighted by molar-refractivity contribution is 5.95. The van der Waals surface area contributed by atoms with Gasteiger partial charge in [-0.05, 0) is 37.3 Å². The summed E-state index contributed by atoms with van der Waals surface area (Å²) < 4.78 is 39.4. The standard InChI is InChI=1S/C15H17F3N4O2/c16-8-3-4-9(14(18)13(8)17)20-12(23)6-19-15(24)11-5-10(21-22-11)7-1-2-7/h3-4,7,10-11,21-22H,1-2,5-6H2,(H,19,24)(H,20,23). The zero-order valence-electron chi connectivity index (χ0n) is 12.7. The van der Waals surface area contributed by atoms with Crippen molar-refractivity contribution in [2.75, 3.05) is 11.9 Å². The summed E-state index contributed by atoms with van der Waals surface area (Å²) in [6.45, 7) is -0.399. The molecule has 2 atom stereocenters. The molecule has 1 heterocycles. The van der Waals surface area contributed by atoms with Gasteiger partial charge in [0.1, 0.15) is 6.04 Å². The summed E-state index contributed by atoms with van der Waals surface area (Å²) in [4.78, 5) is 23.7. The molecular formula is C15H17F3N4O2. The number of rotatable bonds is 5. The number of halogens is 3. The van der Waals surface area contributed by atoms with Crippen LogP contribution in [0.2, 0.25) is 0 Å². The molecule has 1 aliphatic heterocycles. The van der Waals surface area contributed by atoms with Gasteiger partial charge in [0, 0.05) is 6.04 Å². The van der Waals surface area contributed by atoms with E-state index < -0.39 is 41.6 Å². The highest BCUT2D eigenvalue weighted by Crippen LogP contribution is 2.35. The van der Waals surface area contributed by atoms with Crippen LogP contribution >= 0.6 is 0 Å². The molecule has 1 saturated heterocycles. The Balaban J connectivity index is 1.47. The average molecular weight is 342 g/mol. The van der Waals surface area contributed by atoms with Crippen molar-refractivity contribution in [2.24, 2.45) is 5.92 Å². The maximum atomic E-state index is 13.5. The number of benzene rings is 1. The predicted molar refractivity (Wildman–Crippen MR) is 79.1 cm³/mol. The van der Waals surface area contributed by atoms with Crippen LogP contribution in [0.4, 0.5) is 18.9 Å². The van der Waals surface area contributed by atoms with E-state index in [2.05, 4.69) is 21.5 Å². The largest absolute Gasteiger partial charge is 0.346 e. The number of nitrogens with one attached hydrogen (secondary N) is 4. The van der Waals surface area contributed by atoms with Crippen molar-refractivity contribution in [1.82, 2.24) is 16.2 Å². The molecule has 3 rings (SSSR count). The summed E-state index contributed by atoms with van der Waals surface area (Å²) in [5.41, 5.74) is 5.45. The topological polar surface area (TPSA) is 82.3 Å². The number of amides is 2. The van der Waals surface area contributed by atoms with Gasteiger partial charge in [0.25, 0.3) is 0 Å². The lowest BCUT2D eigenvalue weighted by Gasteiger charge is -2.11. The van der Waals surface area contributed by atoms with Crippen LogP contribution in [0.5, 0.6) is 0 Å². The number of anilines is 1. The Morgan fingerprint density at radius 1 is 1.12 bits per heavy atom. The Kier molecular flexibility index (Phi) is 4.72. The van der Waals surface area contributed by atoms with Gasteiger partial charge < -0.3 is 10.6 Å². The SMILES string of the molecule is O=C(CNC(=O)C1CC(C2CC2)NN1)Nc1ccc(F)c(F)c1F. The third kappa shape index (κ3) is 3.68. The van der Waals surface area contributed by atoms with E-state index in [-0.39, 0.29) is 11.9 Å². The summed E-state index contributed by atoms with van der Waals surface area (Å²) in [6.07, 6.45) is 2.93. The van der Waals surface area contributed by atoms with Gasteiger partial charge in [0.15, 0.2) is 17.5 Å². The summed E-state index contributed by atoms with van der Waals surface area (Å²) >= 11 is 0. The van der Waals surface area contributed by atoms with Crippen molar-refractivity contribution < 1.29 is 22.8 Å². The molecule has 4 N–H and O–H groups in total. The minimum absolute atomic E-state index is 0.255. The van der Waals surface area contributed by atoms with Gasteiger partial charge in [-0.15, -0.1) is 0 Å². The van der Waals surface area contributed by atoms with Crippen LogP contribution in [-0.2, 0) is 9.59 Å². The highest BCUT2D eigenvalue weighted by Gasteiger charge is 2.38. The van der Waals surface area contributed by atoms with E-state index in [1.54, 1.807) is 0 Å². The number of hydrogen-bond acceptors (Lipinski definition) is 4. The van der Waals surface area contributed by atoms with Crippen LogP contribution in [0.15, 0.2) is 12.1 Å². The smallest absolute Gasteiger partial charge is 0.243 e. The monoisotopic (exact) mass is 342 g/mol. The molecule has 0 radical (unpaired) electrons. The fraction of sp³-hybridized carbons (Fsp3) is 0.467. The van der Waals surface area contributed by atoms with E-state index in [0.29, 0.717) is 18.4 Å². The van der Waals surface area contributed by atoms with Crippen LogP contribution in [0.3, 0.4) is 0 Å². The Bertz CT molecular complexity index is 666. The van der Waals surface area contributed by atoms with Crippen molar-refractivity contribution >= 4 is 17.5 Å². The third-order valence-corrected chi connectivity index (χ3v) is 4.17. The van der Waals surface area contributed by atoms with Gasteiger partial charge in [0.2, 0.25) is 11.8 Å². The molecule has 2 aliphatic rings. The van der Waals surface area contributed by atoms with E-state index in [0.717, 1.165) is 18.9 Å². The number of hydrazine groups is 1. The van der Waals surface area contributed by atoms with Crippen LogP contribution in [-0.4, -0.2) is 30.4 Å². The lowest BCUT2D eigenvalue weighted by molar-refractivity contribution is -0.125. The van der Waals surface area contributed by atoms with Gasteiger partial charge in [-0.1, -0.05) is 0 Å². The summed E-state index contributed by atoms with van der Waals surface area (Å²) in [5.74, 6) is -4.99. The van der Waals surface area contributed by atoms with Crippen LogP contribution in [0, 0.1) is 23.4 Å². The molecule has 9 heteroatoms. The van der Waals surface area contributed by atoms with Gasteiger partial charge >= 0.3 is 0 Å². The third-order valence-electron chi connectivity index (χ3n) is 4.17. The number of carbonyl (C=O) groups excluding carboxylic acids is 2. The van der Waals surface area contributed by atoms with Crippen LogP contribution in [0.1, 0.15) is 19.3 Å².